The summed E-state index contributed by atoms with van der Waals surface area (Å²) in [5, 5.41) is 12.7. The van der Waals surface area contributed by atoms with Crippen LogP contribution >= 0.6 is 0 Å². The number of benzene rings is 1. The summed E-state index contributed by atoms with van der Waals surface area (Å²) in [6, 6.07) is 6.12. The van der Waals surface area contributed by atoms with Crippen molar-refractivity contribution >= 4 is 5.69 Å². The van der Waals surface area contributed by atoms with Gasteiger partial charge in [0.05, 0.1) is 13.7 Å². The third kappa shape index (κ3) is 3.77. The molecule has 0 radical (unpaired) electrons. The van der Waals surface area contributed by atoms with Gasteiger partial charge in [-0.15, -0.1) is 6.58 Å². The second-order valence-electron chi connectivity index (χ2n) is 4.62. The standard InChI is InChI=1S/C15H23NO2/c1-5-6-11(2)12(3)16-14-7-8-15(18-4)13(9-14)10-17/h5,7-9,11-12,16-17H,1,6,10H2,2-4H3. The van der Waals surface area contributed by atoms with Gasteiger partial charge < -0.3 is 15.2 Å². The highest BCUT2D eigenvalue weighted by Crippen LogP contribution is 2.24. The van der Waals surface area contributed by atoms with E-state index in [9.17, 15) is 5.11 Å². The van der Waals surface area contributed by atoms with Crippen LogP contribution in [0.3, 0.4) is 0 Å². The van der Waals surface area contributed by atoms with Crippen LogP contribution in [-0.4, -0.2) is 18.3 Å². The lowest BCUT2D eigenvalue weighted by molar-refractivity contribution is 0.274. The predicted molar refractivity (Wildman–Crippen MR) is 76.0 cm³/mol. The molecule has 0 aliphatic heterocycles. The average Bonchev–Trinajstić information content (AvgIpc) is 2.38. The molecule has 0 aliphatic rings. The Labute approximate surface area is 109 Å². The van der Waals surface area contributed by atoms with Crippen LogP contribution in [0.15, 0.2) is 30.9 Å². The van der Waals surface area contributed by atoms with Gasteiger partial charge in [0, 0.05) is 17.3 Å². The maximum Gasteiger partial charge on any atom is 0.124 e. The third-order valence-corrected chi connectivity index (χ3v) is 3.24. The molecule has 3 heteroatoms. The number of nitrogens with one attached hydrogen (secondary N) is 1. The molecule has 0 aromatic heterocycles. The number of aliphatic hydroxyl groups is 1. The van der Waals surface area contributed by atoms with E-state index < -0.39 is 0 Å². The van der Waals surface area contributed by atoms with E-state index in [0.29, 0.717) is 12.0 Å². The molecular formula is C15H23NO2. The molecule has 0 aliphatic carbocycles. The van der Waals surface area contributed by atoms with Crippen molar-refractivity contribution in [2.75, 3.05) is 12.4 Å². The summed E-state index contributed by atoms with van der Waals surface area (Å²) >= 11 is 0. The van der Waals surface area contributed by atoms with Crippen LogP contribution in [0.4, 0.5) is 5.69 Å². The van der Waals surface area contributed by atoms with Gasteiger partial charge in [-0.05, 0) is 37.5 Å². The van der Waals surface area contributed by atoms with E-state index in [1.165, 1.54) is 0 Å². The molecular weight excluding hydrogens is 226 g/mol. The number of hydrogen-bond acceptors (Lipinski definition) is 3. The van der Waals surface area contributed by atoms with Crippen LogP contribution in [0.5, 0.6) is 5.75 Å². The SMILES string of the molecule is C=CCC(C)C(C)Nc1ccc(OC)c(CO)c1. The van der Waals surface area contributed by atoms with Gasteiger partial charge in [0.1, 0.15) is 5.75 Å². The molecule has 3 nitrogen and oxygen atoms in total. The van der Waals surface area contributed by atoms with E-state index in [-0.39, 0.29) is 6.61 Å². The summed E-state index contributed by atoms with van der Waals surface area (Å²) in [6.07, 6.45) is 2.92. The number of hydrogen-bond donors (Lipinski definition) is 2. The fourth-order valence-electron chi connectivity index (χ4n) is 1.86. The highest BCUT2D eigenvalue weighted by atomic mass is 16.5. The number of methoxy groups -OCH3 is 1. The zero-order chi connectivity index (χ0) is 13.5. The van der Waals surface area contributed by atoms with Crippen molar-refractivity contribution in [2.45, 2.75) is 32.9 Å². The van der Waals surface area contributed by atoms with Gasteiger partial charge in [0.25, 0.3) is 0 Å². The van der Waals surface area contributed by atoms with Crippen molar-refractivity contribution in [1.29, 1.82) is 0 Å². The smallest absolute Gasteiger partial charge is 0.124 e. The summed E-state index contributed by atoms with van der Waals surface area (Å²) < 4.78 is 5.18. The predicted octanol–water partition coefficient (Wildman–Crippen LogP) is 3.20. The Morgan fingerprint density at radius 1 is 1.44 bits per heavy atom. The second kappa shape index (κ2) is 7.07. The van der Waals surface area contributed by atoms with E-state index in [0.717, 1.165) is 23.4 Å². The Morgan fingerprint density at radius 3 is 2.72 bits per heavy atom. The molecule has 2 unspecified atom stereocenters. The Bertz CT molecular complexity index is 390. The van der Waals surface area contributed by atoms with Crippen molar-refractivity contribution in [3.63, 3.8) is 0 Å². The largest absolute Gasteiger partial charge is 0.496 e. The number of allylic oxidation sites excluding steroid dienone is 1. The van der Waals surface area contributed by atoms with E-state index in [2.05, 4.69) is 25.7 Å². The highest BCUT2D eigenvalue weighted by molar-refractivity contribution is 5.51. The van der Waals surface area contributed by atoms with E-state index in [1.54, 1.807) is 7.11 Å². The Hall–Kier alpha value is -1.48. The van der Waals surface area contributed by atoms with Crippen molar-refractivity contribution in [3.05, 3.63) is 36.4 Å². The van der Waals surface area contributed by atoms with Crippen LogP contribution < -0.4 is 10.1 Å². The maximum absolute atomic E-state index is 9.28. The minimum absolute atomic E-state index is 0.0186. The van der Waals surface area contributed by atoms with E-state index >= 15 is 0 Å². The molecule has 0 amide bonds. The molecule has 0 saturated heterocycles. The van der Waals surface area contributed by atoms with E-state index in [1.807, 2.05) is 24.3 Å². The van der Waals surface area contributed by atoms with Crippen molar-refractivity contribution < 1.29 is 9.84 Å². The molecule has 0 spiro atoms. The number of aliphatic hydroxyl groups excluding tert-OH is 1. The molecule has 0 saturated carbocycles. The van der Waals surface area contributed by atoms with E-state index in [4.69, 9.17) is 4.74 Å². The first-order valence-electron chi connectivity index (χ1n) is 6.27. The molecule has 1 rings (SSSR count). The Kier molecular flexibility index (Phi) is 5.72. The summed E-state index contributed by atoms with van der Waals surface area (Å²) in [4.78, 5) is 0. The van der Waals surface area contributed by atoms with Gasteiger partial charge in [0.2, 0.25) is 0 Å². The molecule has 1 aromatic carbocycles. The molecule has 1 aromatic rings. The normalized spacial score (nSPS) is 13.8. The van der Waals surface area contributed by atoms with Crippen LogP contribution in [-0.2, 0) is 6.61 Å². The van der Waals surface area contributed by atoms with Crippen molar-refractivity contribution in [3.8, 4) is 5.75 Å². The average molecular weight is 249 g/mol. The number of ether oxygens (including phenoxy) is 1. The zero-order valence-corrected chi connectivity index (χ0v) is 11.4. The Balaban J connectivity index is 2.75. The van der Waals surface area contributed by atoms with Crippen molar-refractivity contribution in [1.82, 2.24) is 0 Å². The van der Waals surface area contributed by atoms with Gasteiger partial charge in [-0.25, -0.2) is 0 Å². The molecule has 100 valence electrons. The molecule has 2 N–H and O–H groups in total. The lowest BCUT2D eigenvalue weighted by atomic mass is 9.99. The summed E-state index contributed by atoms with van der Waals surface area (Å²) in [5.74, 6) is 1.23. The third-order valence-electron chi connectivity index (χ3n) is 3.24. The monoisotopic (exact) mass is 249 g/mol. The van der Waals surface area contributed by atoms with Gasteiger partial charge in [-0.1, -0.05) is 13.0 Å². The quantitative estimate of drug-likeness (QED) is 0.729. The fraction of sp³-hybridized carbons (Fsp3) is 0.467. The van der Waals surface area contributed by atoms with Crippen LogP contribution in [0.2, 0.25) is 0 Å². The van der Waals surface area contributed by atoms with Gasteiger partial charge in [-0.2, -0.15) is 0 Å². The summed E-state index contributed by atoms with van der Waals surface area (Å²) in [5.41, 5.74) is 1.80. The minimum atomic E-state index is -0.0186. The molecule has 0 fully saturated rings. The minimum Gasteiger partial charge on any atom is -0.496 e. The van der Waals surface area contributed by atoms with Crippen LogP contribution in [0.25, 0.3) is 0 Å². The number of rotatable bonds is 7. The van der Waals surface area contributed by atoms with Crippen LogP contribution in [0, 0.1) is 5.92 Å². The zero-order valence-electron chi connectivity index (χ0n) is 11.4. The van der Waals surface area contributed by atoms with Crippen molar-refractivity contribution in [2.24, 2.45) is 5.92 Å². The maximum atomic E-state index is 9.28. The van der Waals surface area contributed by atoms with Gasteiger partial charge >= 0.3 is 0 Å². The summed E-state index contributed by atoms with van der Waals surface area (Å²) in [7, 11) is 1.61. The topological polar surface area (TPSA) is 41.5 Å². The van der Waals surface area contributed by atoms with Crippen LogP contribution in [0.1, 0.15) is 25.8 Å². The lowest BCUT2D eigenvalue weighted by Crippen LogP contribution is -2.23. The molecule has 0 heterocycles. The Morgan fingerprint density at radius 2 is 2.17 bits per heavy atom. The molecule has 0 bridgehead atoms. The highest BCUT2D eigenvalue weighted by Gasteiger charge is 2.11. The first-order chi connectivity index (χ1) is 8.62. The van der Waals surface area contributed by atoms with Gasteiger partial charge in [0.15, 0.2) is 0 Å². The summed E-state index contributed by atoms with van der Waals surface area (Å²) in [6.45, 7) is 8.08. The first kappa shape index (κ1) is 14.6. The molecule has 18 heavy (non-hydrogen) atoms. The lowest BCUT2D eigenvalue weighted by Gasteiger charge is -2.22. The second-order valence-corrected chi connectivity index (χ2v) is 4.62. The molecule has 2 atom stereocenters. The van der Waals surface area contributed by atoms with Gasteiger partial charge in [-0.3, -0.25) is 0 Å². The number of anilines is 1. The first-order valence-corrected chi connectivity index (χ1v) is 6.27. The fourth-order valence-corrected chi connectivity index (χ4v) is 1.86.